The highest BCUT2D eigenvalue weighted by molar-refractivity contribution is 4.90. The molecular weight excluding hydrogens is 132 g/mol. The Labute approximate surface area is 59.6 Å². The maximum atomic E-state index is 9.76. The summed E-state index contributed by atoms with van der Waals surface area (Å²) in [4.78, 5) is 9.42. The highest BCUT2D eigenvalue weighted by Gasteiger charge is 1.95. The summed E-state index contributed by atoms with van der Waals surface area (Å²) >= 11 is 0. The van der Waals surface area contributed by atoms with Crippen molar-refractivity contribution in [2.45, 2.75) is 19.3 Å². The predicted octanol–water partition coefficient (Wildman–Crippen LogP) is 1.16. The number of hydrogen-bond donors (Lipinski definition) is 0. The second-order valence-electron chi connectivity index (χ2n) is 1.89. The van der Waals surface area contributed by atoms with Gasteiger partial charge < -0.3 is 0 Å². The number of hydrogen-bond acceptors (Lipinski definition) is 3. The van der Waals surface area contributed by atoms with Gasteiger partial charge >= 0.3 is 0 Å². The van der Waals surface area contributed by atoms with Crippen molar-refractivity contribution in [2.75, 3.05) is 6.54 Å². The molecule has 0 aliphatic rings. The third-order valence-corrected chi connectivity index (χ3v) is 1.03. The SMILES string of the molecule is N#C[CH]CCCC[N+](=O)[O-]. The highest BCUT2D eigenvalue weighted by Crippen LogP contribution is 1.96. The van der Waals surface area contributed by atoms with Gasteiger partial charge in [-0.05, 0) is 12.8 Å². The van der Waals surface area contributed by atoms with E-state index < -0.39 is 0 Å². The fourth-order valence-electron chi connectivity index (χ4n) is 0.552. The van der Waals surface area contributed by atoms with Crippen molar-refractivity contribution in [2.24, 2.45) is 0 Å². The second kappa shape index (κ2) is 6.02. The van der Waals surface area contributed by atoms with Gasteiger partial charge in [-0.2, -0.15) is 5.26 Å². The Morgan fingerprint density at radius 3 is 2.80 bits per heavy atom. The molecule has 0 N–H and O–H groups in total. The summed E-state index contributed by atoms with van der Waals surface area (Å²) in [5.74, 6) is 0. The fourth-order valence-corrected chi connectivity index (χ4v) is 0.552. The van der Waals surface area contributed by atoms with Crippen molar-refractivity contribution in [3.8, 4) is 6.07 Å². The zero-order valence-corrected chi connectivity index (χ0v) is 5.62. The summed E-state index contributed by atoms with van der Waals surface area (Å²) in [6.07, 6.45) is 3.41. The number of nitrogens with zero attached hydrogens (tertiary/aromatic N) is 2. The lowest BCUT2D eigenvalue weighted by Gasteiger charge is -1.90. The van der Waals surface area contributed by atoms with Gasteiger partial charge in [-0.15, -0.1) is 0 Å². The third-order valence-electron chi connectivity index (χ3n) is 1.03. The normalized spacial score (nSPS) is 8.70. The minimum atomic E-state index is -0.341. The third kappa shape index (κ3) is 6.89. The number of rotatable bonds is 5. The molecule has 1 radical (unpaired) electrons. The Bertz CT molecular complexity index is 139. The Hall–Kier alpha value is -1.11. The van der Waals surface area contributed by atoms with Crippen LogP contribution in [0.5, 0.6) is 0 Å². The molecule has 0 saturated heterocycles. The van der Waals surface area contributed by atoms with Gasteiger partial charge in [0.2, 0.25) is 6.54 Å². The molecule has 0 rings (SSSR count). The minimum absolute atomic E-state index is 0.0132. The molecule has 4 heteroatoms. The van der Waals surface area contributed by atoms with Crippen molar-refractivity contribution in [1.82, 2.24) is 0 Å². The van der Waals surface area contributed by atoms with Crippen molar-refractivity contribution in [3.63, 3.8) is 0 Å². The molecule has 55 valence electrons. The molecule has 0 amide bonds. The number of nitriles is 1. The van der Waals surface area contributed by atoms with E-state index in [4.69, 9.17) is 5.26 Å². The second-order valence-corrected chi connectivity index (χ2v) is 1.89. The van der Waals surface area contributed by atoms with Crippen molar-refractivity contribution in [3.05, 3.63) is 16.5 Å². The largest absolute Gasteiger partial charge is 0.265 e. The Kier molecular flexibility index (Phi) is 5.35. The lowest BCUT2D eigenvalue weighted by molar-refractivity contribution is -0.480. The summed E-state index contributed by atoms with van der Waals surface area (Å²) in [6, 6.07) is 1.86. The minimum Gasteiger partial charge on any atom is -0.265 e. The van der Waals surface area contributed by atoms with Crippen LogP contribution in [0.15, 0.2) is 0 Å². The van der Waals surface area contributed by atoms with Crippen LogP contribution in [0.1, 0.15) is 19.3 Å². The first-order valence-corrected chi connectivity index (χ1v) is 3.10. The first-order chi connectivity index (χ1) is 4.77. The standard InChI is InChI=1S/C6H9N2O2/c7-5-3-1-2-4-6-8(9)10/h3H,1-2,4,6H2. The van der Waals surface area contributed by atoms with E-state index in [0.717, 1.165) is 6.42 Å². The predicted molar refractivity (Wildman–Crippen MR) is 35.6 cm³/mol. The molecule has 0 unspecified atom stereocenters. The number of nitro groups is 1. The summed E-state index contributed by atoms with van der Waals surface area (Å²) in [5, 5.41) is 17.8. The molecule has 0 heterocycles. The van der Waals surface area contributed by atoms with Gasteiger partial charge in [0.15, 0.2) is 0 Å². The molecular formula is C6H9N2O2. The van der Waals surface area contributed by atoms with Gasteiger partial charge in [-0.1, -0.05) is 0 Å². The monoisotopic (exact) mass is 141 g/mol. The van der Waals surface area contributed by atoms with E-state index in [-0.39, 0.29) is 11.5 Å². The lowest BCUT2D eigenvalue weighted by Crippen LogP contribution is -1.99. The van der Waals surface area contributed by atoms with Crippen molar-refractivity contribution >= 4 is 0 Å². The van der Waals surface area contributed by atoms with Crippen LogP contribution < -0.4 is 0 Å². The molecule has 0 aliphatic carbocycles. The topological polar surface area (TPSA) is 66.9 Å². The van der Waals surface area contributed by atoms with Crippen molar-refractivity contribution < 1.29 is 4.92 Å². The van der Waals surface area contributed by atoms with E-state index in [1.165, 1.54) is 6.42 Å². The summed E-state index contributed by atoms with van der Waals surface area (Å²) < 4.78 is 0. The zero-order valence-electron chi connectivity index (χ0n) is 5.62. The van der Waals surface area contributed by atoms with E-state index in [0.29, 0.717) is 12.8 Å². The summed E-state index contributed by atoms with van der Waals surface area (Å²) in [5.41, 5.74) is 0. The van der Waals surface area contributed by atoms with Crippen LogP contribution in [0.25, 0.3) is 0 Å². The molecule has 0 aliphatic heterocycles. The first kappa shape index (κ1) is 8.89. The molecule has 0 aromatic heterocycles. The Morgan fingerprint density at radius 1 is 1.60 bits per heavy atom. The smallest absolute Gasteiger partial charge is 0.203 e. The van der Waals surface area contributed by atoms with Gasteiger partial charge in [0.05, 0.1) is 12.5 Å². The van der Waals surface area contributed by atoms with E-state index in [2.05, 4.69) is 0 Å². The van der Waals surface area contributed by atoms with Gasteiger partial charge in [0.1, 0.15) is 0 Å². The van der Waals surface area contributed by atoms with Crippen LogP contribution in [0.4, 0.5) is 0 Å². The maximum Gasteiger partial charge on any atom is 0.203 e. The van der Waals surface area contributed by atoms with Gasteiger partial charge in [-0.3, -0.25) is 10.1 Å². The van der Waals surface area contributed by atoms with Crippen LogP contribution >= 0.6 is 0 Å². The molecule has 10 heavy (non-hydrogen) atoms. The van der Waals surface area contributed by atoms with Crippen LogP contribution in [-0.4, -0.2) is 11.5 Å². The fraction of sp³-hybridized carbons (Fsp3) is 0.667. The lowest BCUT2D eigenvalue weighted by atomic mass is 10.2. The van der Waals surface area contributed by atoms with Crippen molar-refractivity contribution in [1.29, 1.82) is 5.26 Å². The van der Waals surface area contributed by atoms with E-state index in [1.54, 1.807) is 0 Å². The quantitative estimate of drug-likeness (QED) is 0.328. The molecule has 0 aromatic rings. The van der Waals surface area contributed by atoms with Crippen LogP contribution in [0, 0.1) is 27.9 Å². The zero-order chi connectivity index (χ0) is 7.82. The van der Waals surface area contributed by atoms with Gasteiger partial charge in [-0.25, -0.2) is 0 Å². The first-order valence-electron chi connectivity index (χ1n) is 3.10. The van der Waals surface area contributed by atoms with Crippen LogP contribution in [-0.2, 0) is 0 Å². The van der Waals surface area contributed by atoms with E-state index in [1.807, 2.05) is 6.07 Å². The van der Waals surface area contributed by atoms with E-state index in [9.17, 15) is 10.1 Å². The Balaban J connectivity index is 2.92. The molecule has 0 atom stereocenters. The van der Waals surface area contributed by atoms with E-state index >= 15 is 0 Å². The molecule has 4 nitrogen and oxygen atoms in total. The van der Waals surface area contributed by atoms with Crippen LogP contribution in [0.2, 0.25) is 0 Å². The molecule has 0 saturated carbocycles. The average Bonchev–Trinajstić information content (AvgIpc) is 1.87. The van der Waals surface area contributed by atoms with Crippen LogP contribution in [0.3, 0.4) is 0 Å². The summed E-state index contributed by atoms with van der Waals surface area (Å²) in [7, 11) is 0. The molecule has 0 fully saturated rings. The summed E-state index contributed by atoms with van der Waals surface area (Å²) in [6.45, 7) is 0.0132. The van der Waals surface area contributed by atoms with Gasteiger partial charge in [0.25, 0.3) is 0 Å². The van der Waals surface area contributed by atoms with Gasteiger partial charge in [0, 0.05) is 11.3 Å². The average molecular weight is 141 g/mol. The highest BCUT2D eigenvalue weighted by atomic mass is 16.6. The molecule has 0 spiro atoms. The Morgan fingerprint density at radius 2 is 2.30 bits per heavy atom. The maximum absolute atomic E-state index is 9.76. The number of unbranched alkanes of at least 4 members (excludes halogenated alkanes) is 3. The molecule has 0 aromatic carbocycles. The molecule has 0 bridgehead atoms.